The van der Waals surface area contributed by atoms with Crippen LogP contribution in [0.4, 0.5) is 10.1 Å². The molecule has 82 valence electrons. The van der Waals surface area contributed by atoms with Crippen LogP contribution in [-0.2, 0) is 6.54 Å². The van der Waals surface area contributed by atoms with Crippen LogP contribution in [0.1, 0.15) is 25.3 Å². The molecule has 0 saturated heterocycles. The first-order chi connectivity index (χ1) is 7.20. The number of benzene rings is 1. The molecule has 0 unspecified atom stereocenters. The number of nitrogens with two attached hydrogens (primary N) is 1. The van der Waals surface area contributed by atoms with Crippen molar-refractivity contribution in [1.29, 1.82) is 0 Å². The molecule has 2 N–H and O–H groups in total. The Labute approximate surface area is 89.9 Å². The Bertz CT molecular complexity index is 347. The van der Waals surface area contributed by atoms with Crippen molar-refractivity contribution in [3.05, 3.63) is 29.6 Å². The van der Waals surface area contributed by atoms with Gasteiger partial charge in [-0.15, -0.1) is 0 Å². The van der Waals surface area contributed by atoms with E-state index in [1.807, 2.05) is 0 Å². The molecular formula is C12H17FN2. The summed E-state index contributed by atoms with van der Waals surface area (Å²) in [7, 11) is 0. The second-order valence-corrected chi connectivity index (χ2v) is 4.14. The van der Waals surface area contributed by atoms with Crippen LogP contribution in [0.15, 0.2) is 18.2 Å². The molecule has 1 aliphatic carbocycles. The van der Waals surface area contributed by atoms with Gasteiger partial charge >= 0.3 is 0 Å². The van der Waals surface area contributed by atoms with Crippen molar-refractivity contribution in [2.75, 3.05) is 12.3 Å². The maximum Gasteiger partial charge on any atom is 0.123 e. The molecule has 2 nitrogen and oxygen atoms in total. The lowest BCUT2D eigenvalue weighted by molar-refractivity contribution is 0.269. The summed E-state index contributed by atoms with van der Waals surface area (Å²) in [5.41, 5.74) is 7.42. The summed E-state index contributed by atoms with van der Waals surface area (Å²) < 4.78 is 13.0. The fourth-order valence-electron chi connectivity index (χ4n) is 1.87. The van der Waals surface area contributed by atoms with Crippen LogP contribution < -0.4 is 5.73 Å². The van der Waals surface area contributed by atoms with Gasteiger partial charge < -0.3 is 5.73 Å². The summed E-state index contributed by atoms with van der Waals surface area (Å²) in [6.45, 7) is 3.90. The van der Waals surface area contributed by atoms with Gasteiger partial charge in [0.05, 0.1) is 0 Å². The minimum Gasteiger partial charge on any atom is -0.398 e. The van der Waals surface area contributed by atoms with Gasteiger partial charge in [0.25, 0.3) is 0 Å². The van der Waals surface area contributed by atoms with E-state index >= 15 is 0 Å². The molecule has 3 heteroatoms. The van der Waals surface area contributed by atoms with Crippen molar-refractivity contribution in [1.82, 2.24) is 4.90 Å². The smallest absolute Gasteiger partial charge is 0.123 e. The molecule has 15 heavy (non-hydrogen) atoms. The van der Waals surface area contributed by atoms with Gasteiger partial charge in [0, 0.05) is 18.3 Å². The monoisotopic (exact) mass is 208 g/mol. The predicted molar refractivity (Wildman–Crippen MR) is 59.9 cm³/mol. The quantitative estimate of drug-likeness (QED) is 0.770. The first-order valence-corrected chi connectivity index (χ1v) is 5.48. The molecule has 1 aromatic rings. The third-order valence-corrected chi connectivity index (χ3v) is 2.95. The molecule has 1 aliphatic rings. The van der Waals surface area contributed by atoms with Crippen LogP contribution in [-0.4, -0.2) is 17.5 Å². The van der Waals surface area contributed by atoms with Gasteiger partial charge in [-0.2, -0.15) is 0 Å². The number of nitrogen functional groups attached to an aromatic ring is 1. The summed E-state index contributed by atoms with van der Waals surface area (Å²) in [4.78, 5) is 2.35. The van der Waals surface area contributed by atoms with E-state index in [4.69, 9.17) is 5.73 Å². The van der Waals surface area contributed by atoms with E-state index in [9.17, 15) is 4.39 Å². The largest absolute Gasteiger partial charge is 0.398 e. The minimum atomic E-state index is -0.203. The van der Waals surface area contributed by atoms with E-state index in [-0.39, 0.29) is 5.82 Å². The molecule has 0 atom stereocenters. The number of halogens is 1. The van der Waals surface area contributed by atoms with Crippen LogP contribution in [0.2, 0.25) is 0 Å². The average Bonchev–Trinajstić information content (AvgIpc) is 3.03. The molecule has 0 heterocycles. The summed E-state index contributed by atoms with van der Waals surface area (Å²) in [5, 5.41) is 0. The molecule has 0 amide bonds. The zero-order chi connectivity index (χ0) is 10.8. The standard InChI is InChI=1S/C12H17FN2/c1-2-15(11-4-5-11)8-9-7-10(13)3-6-12(9)14/h3,6-7,11H,2,4-5,8,14H2,1H3. The normalized spacial score (nSPS) is 15.9. The van der Waals surface area contributed by atoms with E-state index in [1.54, 1.807) is 12.1 Å². The van der Waals surface area contributed by atoms with Crippen molar-refractivity contribution in [2.24, 2.45) is 0 Å². The minimum absolute atomic E-state index is 0.203. The van der Waals surface area contributed by atoms with E-state index in [0.29, 0.717) is 11.7 Å². The second kappa shape index (κ2) is 4.19. The van der Waals surface area contributed by atoms with Gasteiger partial charge in [-0.3, -0.25) is 4.90 Å². The molecule has 1 aromatic carbocycles. The number of rotatable bonds is 4. The Kier molecular flexibility index (Phi) is 2.91. The van der Waals surface area contributed by atoms with Crippen molar-refractivity contribution >= 4 is 5.69 Å². The number of hydrogen-bond acceptors (Lipinski definition) is 2. The lowest BCUT2D eigenvalue weighted by atomic mass is 10.1. The third-order valence-electron chi connectivity index (χ3n) is 2.95. The Morgan fingerprint density at radius 2 is 2.20 bits per heavy atom. The average molecular weight is 208 g/mol. The molecule has 1 fully saturated rings. The van der Waals surface area contributed by atoms with Crippen LogP contribution in [0.25, 0.3) is 0 Å². The van der Waals surface area contributed by atoms with E-state index in [1.165, 1.54) is 18.9 Å². The maximum absolute atomic E-state index is 13.0. The molecule has 0 bridgehead atoms. The van der Waals surface area contributed by atoms with Gasteiger partial charge in [-0.25, -0.2) is 4.39 Å². The Hall–Kier alpha value is -1.09. The van der Waals surface area contributed by atoms with Gasteiger partial charge in [-0.1, -0.05) is 6.92 Å². The highest BCUT2D eigenvalue weighted by molar-refractivity contribution is 5.46. The van der Waals surface area contributed by atoms with Gasteiger partial charge in [0.1, 0.15) is 5.82 Å². The van der Waals surface area contributed by atoms with Crippen LogP contribution in [0.5, 0.6) is 0 Å². The van der Waals surface area contributed by atoms with Crippen molar-refractivity contribution in [2.45, 2.75) is 32.4 Å². The molecule has 0 aliphatic heterocycles. The molecular weight excluding hydrogens is 191 g/mol. The Morgan fingerprint density at radius 1 is 1.47 bits per heavy atom. The molecule has 0 radical (unpaired) electrons. The second-order valence-electron chi connectivity index (χ2n) is 4.14. The van der Waals surface area contributed by atoms with Gasteiger partial charge in [0.15, 0.2) is 0 Å². The lowest BCUT2D eigenvalue weighted by Crippen LogP contribution is -2.25. The third kappa shape index (κ3) is 2.48. The highest BCUT2D eigenvalue weighted by Gasteiger charge is 2.27. The van der Waals surface area contributed by atoms with E-state index in [2.05, 4.69) is 11.8 Å². The molecule has 0 aromatic heterocycles. The predicted octanol–water partition coefficient (Wildman–Crippen LogP) is 2.39. The SMILES string of the molecule is CCN(Cc1cc(F)ccc1N)C1CC1. The lowest BCUT2D eigenvalue weighted by Gasteiger charge is -2.20. The summed E-state index contributed by atoms with van der Waals surface area (Å²) >= 11 is 0. The number of nitrogens with zero attached hydrogens (tertiary/aromatic N) is 1. The van der Waals surface area contributed by atoms with E-state index in [0.717, 1.165) is 18.7 Å². The zero-order valence-electron chi connectivity index (χ0n) is 9.04. The summed E-state index contributed by atoms with van der Waals surface area (Å²) in [6.07, 6.45) is 2.53. The van der Waals surface area contributed by atoms with Crippen LogP contribution in [0, 0.1) is 5.82 Å². The van der Waals surface area contributed by atoms with Crippen molar-refractivity contribution < 1.29 is 4.39 Å². The van der Waals surface area contributed by atoms with Gasteiger partial charge in [0.2, 0.25) is 0 Å². The van der Waals surface area contributed by atoms with E-state index < -0.39 is 0 Å². The zero-order valence-corrected chi connectivity index (χ0v) is 9.04. The Morgan fingerprint density at radius 3 is 2.80 bits per heavy atom. The van der Waals surface area contributed by atoms with Crippen molar-refractivity contribution in [3.8, 4) is 0 Å². The molecule has 2 rings (SSSR count). The number of hydrogen-bond donors (Lipinski definition) is 1. The van der Waals surface area contributed by atoms with Crippen molar-refractivity contribution in [3.63, 3.8) is 0 Å². The van der Waals surface area contributed by atoms with Gasteiger partial charge in [-0.05, 0) is 43.1 Å². The van der Waals surface area contributed by atoms with Crippen LogP contribution >= 0.6 is 0 Å². The fraction of sp³-hybridized carbons (Fsp3) is 0.500. The first kappa shape index (κ1) is 10.4. The Balaban J connectivity index is 2.11. The summed E-state index contributed by atoms with van der Waals surface area (Å²) in [6, 6.07) is 5.29. The summed E-state index contributed by atoms with van der Waals surface area (Å²) in [5.74, 6) is -0.203. The maximum atomic E-state index is 13.0. The fourth-order valence-corrected chi connectivity index (χ4v) is 1.87. The first-order valence-electron chi connectivity index (χ1n) is 5.48. The van der Waals surface area contributed by atoms with Crippen LogP contribution in [0.3, 0.4) is 0 Å². The molecule has 1 saturated carbocycles. The topological polar surface area (TPSA) is 29.3 Å². The number of anilines is 1. The highest BCUT2D eigenvalue weighted by atomic mass is 19.1. The highest BCUT2D eigenvalue weighted by Crippen LogP contribution is 2.29. The molecule has 0 spiro atoms.